The van der Waals surface area contributed by atoms with Crippen molar-refractivity contribution in [2.45, 2.75) is 18.7 Å². The lowest BCUT2D eigenvalue weighted by molar-refractivity contribution is -0.854. The van der Waals surface area contributed by atoms with Gasteiger partial charge in [0, 0.05) is 24.7 Å². The Kier molecular flexibility index (Phi) is 2.36. The van der Waals surface area contributed by atoms with Crippen LogP contribution in [0.5, 0.6) is 0 Å². The molecule has 6 heteroatoms. The molecule has 1 rings (SSSR count). The van der Waals surface area contributed by atoms with Gasteiger partial charge in [-0.05, 0) is 6.07 Å². The third-order valence-electron chi connectivity index (χ3n) is 1.71. The summed E-state index contributed by atoms with van der Waals surface area (Å²) in [6.07, 6.45) is 0. The second kappa shape index (κ2) is 3.04. The van der Waals surface area contributed by atoms with Gasteiger partial charge >= 0.3 is 10.1 Å². The number of aryl methyl sites for hydroxylation is 1. The lowest BCUT2D eigenvalue weighted by atomic mass is 10.3. The summed E-state index contributed by atoms with van der Waals surface area (Å²) in [5.74, 6) is 0. The van der Waals surface area contributed by atoms with Crippen molar-refractivity contribution >= 4 is 10.1 Å². The largest absolute Gasteiger partial charge is 0.300 e. The van der Waals surface area contributed by atoms with E-state index in [0.29, 0.717) is 0 Å². The minimum atomic E-state index is -4.33. The molecule has 72 valence electrons. The number of hydrogen-bond donors (Lipinski definition) is 1. The van der Waals surface area contributed by atoms with E-state index < -0.39 is 15.0 Å². The van der Waals surface area contributed by atoms with Crippen molar-refractivity contribution in [2.75, 3.05) is 0 Å². The maximum Gasteiger partial charge on any atom is 0.300 e. The third kappa shape index (κ3) is 1.84. The molecule has 1 aromatic rings. The Balaban J connectivity index is 3.53. The van der Waals surface area contributed by atoms with Crippen molar-refractivity contribution in [3.8, 4) is 0 Å². The van der Waals surface area contributed by atoms with Crippen molar-refractivity contribution in [2.24, 2.45) is 0 Å². The molecule has 0 spiro atoms. The van der Waals surface area contributed by atoms with Crippen molar-refractivity contribution in [1.82, 2.24) is 0 Å². The van der Waals surface area contributed by atoms with E-state index in [4.69, 9.17) is 4.55 Å². The number of nitrogens with zero attached hydrogens (tertiary/aromatic N) is 1. The van der Waals surface area contributed by atoms with E-state index in [1.807, 2.05) is 0 Å². The van der Waals surface area contributed by atoms with Crippen molar-refractivity contribution in [3.05, 3.63) is 23.5 Å². The molecule has 13 heavy (non-hydrogen) atoms. The molecule has 0 aliphatic heterocycles. The molecule has 0 atom stereocenters. The van der Waals surface area contributed by atoms with Gasteiger partial charge in [-0.3, -0.25) is 4.55 Å². The van der Waals surface area contributed by atoms with Crippen LogP contribution in [0.25, 0.3) is 0 Å². The average Bonchev–Trinajstić information content (AvgIpc) is 1.98. The lowest BCUT2D eigenvalue weighted by Crippen LogP contribution is -2.32. The first kappa shape index (κ1) is 10.1. The highest BCUT2D eigenvalue weighted by atomic mass is 32.2. The highest BCUT2D eigenvalue weighted by Gasteiger charge is 2.23. The maximum atomic E-state index is 13.1. The quantitative estimate of drug-likeness (QED) is 0.683. The fraction of sp³-hybridized carbons (Fsp3) is 0.286. The summed E-state index contributed by atoms with van der Waals surface area (Å²) >= 11 is 0. The van der Waals surface area contributed by atoms with Crippen LogP contribution in [0.4, 0.5) is 4.48 Å². The molecule has 0 amide bonds. The molecule has 0 saturated carbocycles. The Morgan fingerprint density at radius 3 is 2.38 bits per heavy atom. The fourth-order valence-corrected chi connectivity index (χ4v) is 1.71. The Labute approximate surface area is 75.3 Å². The van der Waals surface area contributed by atoms with Crippen molar-refractivity contribution in [1.29, 1.82) is 0 Å². The molecule has 0 saturated heterocycles. The summed E-state index contributed by atoms with van der Waals surface area (Å²) in [5.41, 5.74) is 0.132. The Morgan fingerprint density at radius 1 is 1.38 bits per heavy atom. The Morgan fingerprint density at radius 2 is 1.92 bits per heavy atom. The summed E-state index contributed by atoms with van der Waals surface area (Å²) in [7, 11) is -4.33. The first-order valence-corrected chi connectivity index (χ1v) is 4.94. The number of pyridine rings is 1. The SMILES string of the molecule is Cc1ccc(S(=O)(=O)O)c(C)[n+]1F. The van der Waals surface area contributed by atoms with Crippen LogP contribution in [0.15, 0.2) is 17.0 Å². The van der Waals surface area contributed by atoms with E-state index >= 15 is 0 Å². The molecule has 1 N–H and O–H groups in total. The zero-order chi connectivity index (χ0) is 10.2. The van der Waals surface area contributed by atoms with Crippen LogP contribution in [0.3, 0.4) is 0 Å². The molecule has 1 aromatic heterocycles. The third-order valence-corrected chi connectivity index (χ3v) is 2.70. The summed E-state index contributed by atoms with van der Waals surface area (Å²) in [6, 6.07) is 2.44. The van der Waals surface area contributed by atoms with Gasteiger partial charge < -0.3 is 0 Å². The standard InChI is InChI=1S/C7H8FNO3S/c1-5-3-4-7(13(10,11)12)6(2)9(5)8/h3-4H,1-2H3/p+1. The molecule has 0 aromatic carbocycles. The molecule has 4 nitrogen and oxygen atoms in total. The minimum Gasteiger partial charge on any atom is -0.282 e. The topological polar surface area (TPSA) is 58.3 Å². The second-order valence-electron chi connectivity index (χ2n) is 2.68. The van der Waals surface area contributed by atoms with Crippen molar-refractivity contribution in [3.63, 3.8) is 0 Å². The predicted octanol–water partition coefficient (Wildman–Crippen LogP) is 0.570. The molecule has 0 radical (unpaired) electrons. The van der Waals surface area contributed by atoms with Gasteiger partial charge in [0.15, 0.2) is 4.90 Å². The first-order valence-electron chi connectivity index (χ1n) is 3.50. The molecule has 0 bridgehead atoms. The lowest BCUT2D eigenvalue weighted by Gasteiger charge is -1.97. The highest BCUT2D eigenvalue weighted by Crippen LogP contribution is 2.11. The Hall–Kier alpha value is -1.01. The number of hydrogen-bond acceptors (Lipinski definition) is 2. The summed E-state index contributed by atoms with van der Waals surface area (Å²) in [6.45, 7) is 2.76. The summed E-state index contributed by atoms with van der Waals surface area (Å²) in [4.78, 5) is -0.205. The van der Waals surface area contributed by atoms with Crippen LogP contribution in [-0.4, -0.2) is 13.0 Å². The van der Waals surface area contributed by atoms with E-state index in [0.717, 1.165) is 6.07 Å². The summed E-state index contributed by atoms with van der Waals surface area (Å²) < 4.78 is 43.1. The molecule has 0 aliphatic carbocycles. The number of halogens is 1. The van der Waals surface area contributed by atoms with Gasteiger partial charge in [-0.1, -0.05) is 0 Å². The molecular weight excluding hydrogens is 197 g/mol. The van der Waals surface area contributed by atoms with Gasteiger partial charge in [0.25, 0.3) is 0 Å². The van der Waals surface area contributed by atoms with Gasteiger partial charge in [-0.25, -0.2) is 0 Å². The predicted molar refractivity (Wildman–Crippen MR) is 42.4 cm³/mol. The van der Waals surface area contributed by atoms with Gasteiger partial charge in [0.05, 0.1) is 4.48 Å². The van der Waals surface area contributed by atoms with Gasteiger partial charge in [-0.2, -0.15) is 8.42 Å². The molecule has 0 unspecified atom stereocenters. The van der Waals surface area contributed by atoms with E-state index in [1.165, 1.54) is 19.9 Å². The zero-order valence-electron chi connectivity index (χ0n) is 7.15. The van der Waals surface area contributed by atoms with Crippen LogP contribution in [0.2, 0.25) is 0 Å². The van der Waals surface area contributed by atoms with Gasteiger partial charge in [-0.15, -0.1) is 0 Å². The zero-order valence-corrected chi connectivity index (χ0v) is 7.97. The molecule has 1 heterocycles. The second-order valence-corrected chi connectivity index (χ2v) is 4.07. The first-order chi connectivity index (χ1) is 5.84. The molecule has 0 aliphatic rings. The van der Waals surface area contributed by atoms with Crippen LogP contribution >= 0.6 is 0 Å². The van der Waals surface area contributed by atoms with Crippen LogP contribution in [-0.2, 0) is 10.1 Å². The number of rotatable bonds is 1. The van der Waals surface area contributed by atoms with Crippen LogP contribution < -0.4 is 4.79 Å². The van der Waals surface area contributed by atoms with E-state index in [-0.39, 0.29) is 16.2 Å². The van der Waals surface area contributed by atoms with E-state index in [2.05, 4.69) is 0 Å². The van der Waals surface area contributed by atoms with E-state index in [1.54, 1.807) is 0 Å². The molecule has 0 fully saturated rings. The maximum absolute atomic E-state index is 13.1. The van der Waals surface area contributed by atoms with Crippen LogP contribution in [0, 0.1) is 13.8 Å². The highest BCUT2D eigenvalue weighted by molar-refractivity contribution is 7.85. The smallest absolute Gasteiger partial charge is 0.282 e. The Bertz CT molecular complexity index is 441. The minimum absolute atomic E-state index is 0.137. The van der Waals surface area contributed by atoms with Gasteiger partial charge in [0.2, 0.25) is 11.4 Å². The average molecular weight is 206 g/mol. The molecular formula is C7H9FNO3S+. The fourth-order valence-electron chi connectivity index (χ4n) is 1.02. The van der Waals surface area contributed by atoms with E-state index in [9.17, 15) is 12.9 Å². The van der Waals surface area contributed by atoms with Gasteiger partial charge in [0.1, 0.15) is 0 Å². The van der Waals surface area contributed by atoms with Crippen LogP contribution in [0.1, 0.15) is 11.4 Å². The number of aromatic nitrogens is 1. The monoisotopic (exact) mass is 206 g/mol. The van der Waals surface area contributed by atoms with Crippen molar-refractivity contribution < 1.29 is 22.2 Å². The normalized spacial score (nSPS) is 11.7. The summed E-state index contributed by atoms with van der Waals surface area (Å²) in [5, 5.41) is 0.